The smallest absolute Gasteiger partial charge is 0.354 e. The number of alkyl halides is 3. The van der Waals surface area contributed by atoms with E-state index in [1.165, 1.54) is 24.3 Å². The Hall–Kier alpha value is -2.88. The number of H-pyrrole nitrogens is 2. The minimum Gasteiger partial charge on any atom is -0.354 e. The summed E-state index contributed by atoms with van der Waals surface area (Å²) in [5, 5.41) is 2.24. The molecule has 0 aliphatic carbocycles. The maximum absolute atomic E-state index is 13.1. The molecule has 0 aliphatic rings. The van der Waals surface area contributed by atoms with Crippen molar-refractivity contribution in [2.75, 3.05) is 6.61 Å². The largest absolute Gasteiger partial charge is 0.418 e. The van der Waals surface area contributed by atoms with E-state index in [1.54, 1.807) is 6.07 Å². The van der Waals surface area contributed by atoms with Gasteiger partial charge in [0.2, 0.25) is 5.91 Å². The predicted molar refractivity (Wildman–Crippen MR) is 80.7 cm³/mol. The van der Waals surface area contributed by atoms with Crippen molar-refractivity contribution in [1.29, 1.82) is 0 Å². The van der Waals surface area contributed by atoms with Crippen LogP contribution in [-0.4, -0.2) is 28.7 Å². The Labute approximate surface area is 138 Å². The summed E-state index contributed by atoms with van der Waals surface area (Å²) in [4.78, 5) is 38.1. The molecule has 1 heterocycles. The van der Waals surface area contributed by atoms with Crippen LogP contribution >= 0.6 is 0 Å². The highest BCUT2D eigenvalue weighted by Gasteiger charge is 2.42. The molecule has 1 unspecified atom stereocenters. The van der Waals surface area contributed by atoms with Gasteiger partial charge < -0.3 is 15.0 Å². The van der Waals surface area contributed by atoms with E-state index in [-0.39, 0.29) is 17.7 Å². The molecule has 0 radical (unpaired) electrons. The summed E-state index contributed by atoms with van der Waals surface area (Å²) >= 11 is 0. The molecule has 1 amide bonds. The van der Waals surface area contributed by atoms with Gasteiger partial charge >= 0.3 is 11.9 Å². The Morgan fingerprint density at radius 1 is 1.20 bits per heavy atom. The van der Waals surface area contributed by atoms with Gasteiger partial charge in [-0.25, -0.2) is 4.79 Å². The summed E-state index contributed by atoms with van der Waals surface area (Å²) in [6, 6.07) is 6.91. The Kier molecular flexibility index (Phi) is 5.75. The summed E-state index contributed by atoms with van der Waals surface area (Å²) in [7, 11) is 0. The minimum atomic E-state index is -4.68. The SMILES string of the molecule is O=C(COC(c1ccccc1)C(F)(F)F)NCc1c[nH]c(=O)[nH]c1=O. The van der Waals surface area contributed by atoms with Crippen molar-refractivity contribution in [3.05, 3.63) is 68.5 Å². The number of nitrogens with one attached hydrogen (secondary N) is 3. The molecule has 0 saturated heterocycles. The number of carbonyl (C=O) groups excluding carboxylic acids is 1. The molecule has 134 valence electrons. The van der Waals surface area contributed by atoms with Crippen molar-refractivity contribution in [1.82, 2.24) is 15.3 Å². The first kappa shape index (κ1) is 18.5. The molecule has 25 heavy (non-hydrogen) atoms. The normalized spacial score (nSPS) is 12.6. The van der Waals surface area contributed by atoms with Gasteiger partial charge in [0.05, 0.1) is 5.56 Å². The van der Waals surface area contributed by atoms with E-state index in [2.05, 4.69) is 10.3 Å². The van der Waals surface area contributed by atoms with E-state index < -0.39 is 36.0 Å². The number of halogens is 3. The number of amides is 1. The van der Waals surface area contributed by atoms with Crippen molar-refractivity contribution in [2.24, 2.45) is 0 Å². The van der Waals surface area contributed by atoms with Crippen LogP contribution in [0.3, 0.4) is 0 Å². The monoisotopic (exact) mass is 357 g/mol. The number of hydrogen-bond acceptors (Lipinski definition) is 4. The maximum Gasteiger partial charge on any atom is 0.418 e. The van der Waals surface area contributed by atoms with Crippen molar-refractivity contribution in [3.63, 3.8) is 0 Å². The topological polar surface area (TPSA) is 104 Å². The number of hydrogen-bond donors (Lipinski definition) is 3. The van der Waals surface area contributed by atoms with E-state index in [1.807, 2.05) is 4.98 Å². The molecule has 2 rings (SSSR count). The van der Waals surface area contributed by atoms with Crippen LogP contribution in [0.1, 0.15) is 17.2 Å². The first-order valence-electron chi connectivity index (χ1n) is 7.08. The Bertz CT molecular complexity index is 830. The first-order chi connectivity index (χ1) is 11.8. The molecule has 7 nitrogen and oxygen atoms in total. The molecule has 0 saturated carbocycles. The van der Waals surface area contributed by atoms with Crippen LogP contribution in [0.5, 0.6) is 0 Å². The van der Waals surface area contributed by atoms with E-state index in [0.29, 0.717) is 0 Å². The second kappa shape index (κ2) is 7.79. The number of ether oxygens (including phenoxy) is 1. The molecular weight excluding hydrogens is 343 g/mol. The van der Waals surface area contributed by atoms with Gasteiger partial charge in [-0.2, -0.15) is 13.2 Å². The van der Waals surface area contributed by atoms with Gasteiger partial charge in [-0.15, -0.1) is 0 Å². The molecule has 0 spiro atoms. The average Bonchev–Trinajstić information content (AvgIpc) is 2.54. The molecular formula is C15H14F3N3O4. The van der Waals surface area contributed by atoms with E-state index >= 15 is 0 Å². The molecule has 3 N–H and O–H groups in total. The molecule has 1 aromatic heterocycles. The van der Waals surface area contributed by atoms with E-state index in [0.717, 1.165) is 6.20 Å². The molecule has 10 heteroatoms. The van der Waals surface area contributed by atoms with Crippen LogP contribution < -0.4 is 16.6 Å². The fraction of sp³-hybridized carbons (Fsp3) is 0.267. The first-order valence-corrected chi connectivity index (χ1v) is 7.08. The number of rotatable bonds is 6. The van der Waals surface area contributed by atoms with Crippen molar-refractivity contribution < 1.29 is 22.7 Å². The zero-order valence-corrected chi connectivity index (χ0v) is 12.7. The number of aromatic amines is 2. The molecule has 0 fully saturated rings. The zero-order chi connectivity index (χ0) is 18.4. The lowest BCUT2D eigenvalue weighted by molar-refractivity contribution is -0.223. The summed E-state index contributed by atoms with van der Waals surface area (Å²) in [5.41, 5.74) is -1.50. The van der Waals surface area contributed by atoms with E-state index in [9.17, 15) is 27.6 Å². The van der Waals surface area contributed by atoms with Crippen LogP contribution in [-0.2, 0) is 16.1 Å². The predicted octanol–water partition coefficient (Wildman–Crippen LogP) is 1.000. The third-order valence-electron chi connectivity index (χ3n) is 3.15. The Morgan fingerprint density at radius 3 is 2.48 bits per heavy atom. The van der Waals surface area contributed by atoms with Gasteiger partial charge in [0.1, 0.15) is 6.61 Å². The Balaban J connectivity index is 1.95. The third kappa shape index (κ3) is 5.31. The van der Waals surface area contributed by atoms with Gasteiger partial charge in [-0.05, 0) is 5.56 Å². The Morgan fingerprint density at radius 2 is 1.88 bits per heavy atom. The van der Waals surface area contributed by atoms with Crippen LogP contribution in [0, 0.1) is 0 Å². The highest BCUT2D eigenvalue weighted by molar-refractivity contribution is 5.77. The van der Waals surface area contributed by atoms with Crippen molar-refractivity contribution in [2.45, 2.75) is 18.8 Å². The standard InChI is InChI=1S/C15H14F3N3O4/c16-15(17,18)12(9-4-2-1-3-5-9)25-8-11(22)19-6-10-7-20-14(24)21-13(10)23/h1-5,7,12H,6,8H2,(H,19,22)(H2,20,21,23,24). The summed E-state index contributed by atoms with van der Waals surface area (Å²) in [5.74, 6) is -0.837. The van der Waals surface area contributed by atoms with Crippen LogP contribution in [0.25, 0.3) is 0 Å². The minimum absolute atomic E-state index is 0.0448. The lowest BCUT2D eigenvalue weighted by Crippen LogP contribution is -2.34. The van der Waals surface area contributed by atoms with Crippen LogP contribution in [0.15, 0.2) is 46.1 Å². The fourth-order valence-corrected chi connectivity index (χ4v) is 1.98. The van der Waals surface area contributed by atoms with Crippen molar-refractivity contribution >= 4 is 5.91 Å². The number of benzene rings is 1. The highest BCUT2D eigenvalue weighted by Crippen LogP contribution is 2.35. The average molecular weight is 357 g/mol. The van der Waals surface area contributed by atoms with Crippen LogP contribution in [0.4, 0.5) is 13.2 Å². The van der Waals surface area contributed by atoms with Gasteiger partial charge in [-0.3, -0.25) is 14.6 Å². The molecule has 0 bridgehead atoms. The van der Waals surface area contributed by atoms with E-state index in [4.69, 9.17) is 4.74 Å². The lowest BCUT2D eigenvalue weighted by atomic mass is 10.1. The third-order valence-corrected chi connectivity index (χ3v) is 3.15. The summed E-state index contributed by atoms with van der Waals surface area (Å²) < 4.78 is 43.9. The molecule has 1 atom stereocenters. The summed E-state index contributed by atoms with van der Waals surface area (Å²) in [6.07, 6.45) is -5.82. The van der Waals surface area contributed by atoms with Gasteiger partial charge in [0, 0.05) is 12.7 Å². The fourth-order valence-electron chi connectivity index (χ4n) is 1.98. The lowest BCUT2D eigenvalue weighted by Gasteiger charge is -2.21. The maximum atomic E-state index is 13.1. The number of carbonyl (C=O) groups is 1. The molecule has 2 aromatic rings. The molecule has 0 aliphatic heterocycles. The second-order valence-corrected chi connectivity index (χ2v) is 5.02. The van der Waals surface area contributed by atoms with Gasteiger partial charge in [0.15, 0.2) is 6.10 Å². The second-order valence-electron chi connectivity index (χ2n) is 5.02. The zero-order valence-electron chi connectivity index (χ0n) is 12.7. The quantitative estimate of drug-likeness (QED) is 0.717. The highest BCUT2D eigenvalue weighted by atomic mass is 19.4. The number of aromatic nitrogens is 2. The molecule has 1 aromatic carbocycles. The van der Waals surface area contributed by atoms with Gasteiger partial charge in [-0.1, -0.05) is 30.3 Å². The van der Waals surface area contributed by atoms with Crippen LogP contribution in [0.2, 0.25) is 0 Å². The van der Waals surface area contributed by atoms with Crippen molar-refractivity contribution in [3.8, 4) is 0 Å². The summed E-state index contributed by atoms with van der Waals surface area (Å²) in [6.45, 7) is -1.11. The van der Waals surface area contributed by atoms with Gasteiger partial charge in [0.25, 0.3) is 5.56 Å².